The number of fused-ring (bicyclic) bond motifs is 1. The molecule has 6 nitrogen and oxygen atoms in total. The van der Waals surface area contributed by atoms with Crippen LogP contribution in [0.1, 0.15) is 48.1 Å². The number of aliphatic hydroxyl groups excluding tert-OH is 1. The summed E-state index contributed by atoms with van der Waals surface area (Å²) in [5.41, 5.74) is 4.23. The molecular weight excluding hydrogens is 426 g/mol. The van der Waals surface area contributed by atoms with Crippen LogP contribution in [0.25, 0.3) is 16.7 Å². The Bertz CT molecular complexity index is 1400. The fourth-order valence-corrected chi connectivity index (χ4v) is 4.55. The molecule has 0 radical (unpaired) electrons. The van der Waals surface area contributed by atoms with Crippen molar-refractivity contribution in [3.8, 4) is 0 Å². The first-order chi connectivity index (χ1) is 16.5. The first-order valence-corrected chi connectivity index (χ1v) is 11.3. The fraction of sp³-hybridized carbons (Fsp3) is 0.179. The van der Waals surface area contributed by atoms with E-state index >= 15 is 0 Å². The van der Waals surface area contributed by atoms with Gasteiger partial charge in [-0.2, -0.15) is 0 Å². The number of nitrogens with one attached hydrogen (secondary N) is 1. The van der Waals surface area contributed by atoms with E-state index in [9.17, 15) is 14.7 Å². The molecule has 1 fully saturated rings. The van der Waals surface area contributed by atoms with Gasteiger partial charge in [0, 0.05) is 41.6 Å². The number of carbonyl (C=O) groups excluding carboxylic acids is 2. The number of pyridine rings is 1. The summed E-state index contributed by atoms with van der Waals surface area (Å²) in [6, 6.07) is 18.4. The number of nitrogens with zero attached hydrogens (tertiary/aromatic N) is 2. The van der Waals surface area contributed by atoms with Gasteiger partial charge in [0.25, 0.3) is 11.7 Å². The summed E-state index contributed by atoms with van der Waals surface area (Å²) in [6.07, 6.45) is 4.99. The van der Waals surface area contributed by atoms with Gasteiger partial charge in [0.1, 0.15) is 5.76 Å². The molecule has 1 aliphatic rings. The molecular formula is C28H25N3O3. The smallest absolute Gasteiger partial charge is 0.295 e. The van der Waals surface area contributed by atoms with Crippen molar-refractivity contribution < 1.29 is 14.7 Å². The van der Waals surface area contributed by atoms with Crippen LogP contribution in [0, 0.1) is 0 Å². The zero-order chi connectivity index (χ0) is 23.8. The molecule has 170 valence electrons. The number of rotatable bonds is 5. The summed E-state index contributed by atoms with van der Waals surface area (Å²) in [7, 11) is 0. The summed E-state index contributed by atoms with van der Waals surface area (Å²) in [6.45, 7) is 4.46. The van der Waals surface area contributed by atoms with Crippen molar-refractivity contribution in [2.45, 2.75) is 32.4 Å². The minimum atomic E-state index is -0.706. The van der Waals surface area contributed by atoms with Crippen LogP contribution < -0.4 is 0 Å². The van der Waals surface area contributed by atoms with Crippen LogP contribution in [0.5, 0.6) is 0 Å². The van der Waals surface area contributed by atoms with E-state index in [0.29, 0.717) is 11.5 Å². The maximum Gasteiger partial charge on any atom is 0.295 e. The van der Waals surface area contributed by atoms with Crippen LogP contribution in [-0.4, -0.2) is 31.7 Å². The molecule has 1 aliphatic heterocycles. The van der Waals surface area contributed by atoms with Gasteiger partial charge in [-0.25, -0.2) is 0 Å². The molecule has 34 heavy (non-hydrogen) atoms. The highest BCUT2D eigenvalue weighted by atomic mass is 16.3. The van der Waals surface area contributed by atoms with Crippen molar-refractivity contribution in [1.82, 2.24) is 14.9 Å². The number of aliphatic hydroxyl groups is 1. The third kappa shape index (κ3) is 3.67. The van der Waals surface area contributed by atoms with Crippen LogP contribution in [0.2, 0.25) is 0 Å². The Morgan fingerprint density at radius 2 is 1.74 bits per heavy atom. The zero-order valence-electron chi connectivity index (χ0n) is 19.0. The van der Waals surface area contributed by atoms with Crippen LogP contribution in [-0.2, 0) is 16.1 Å². The largest absolute Gasteiger partial charge is 0.507 e. The van der Waals surface area contributed by atoms with Gasteiger partial charge in [-0.05, 0) is 40.8 Å². The lowest BCUT2D eigenvalue weighted by Crippen LogP contribution is -2.29. The standard InChI is InChI=1S/C28H25N3O3/c1-17(2)19-7-9-20(10-8-19)25-24(26(32)22-15-30-23-6-4-3-5-21(22)23)27(33)28(34)31(25)16-18-11-13-29-14-12-18/h3-15,17,25,30,32H,16H2,1-2H3/b26-24-. The Hall–Kier alpha value is -4.19. The van der Waals surface area contributed by atoms with Gasteiger partial charge in [0.15, 0.2) is 0 Å². The predicted molar refractivity (Wildman–Crippen MR) is 131 cm³/mol. The Morgan fingerprint density at radius 3 is 2.44 bits per heavy atom. The second kappa shape index (κ2) is 8.63. The van der Waals surface area contributed by atoms with Crippen LogP contribution in [0.3, 0.4) is 0 Å². The molecule has 4 aromatic rings. The molecule has 1 amide bonds. The molecule has 6 heteroatoms. The van der Waals surface area contributed by atoms with Gasteiger partial charge in [-0.15, -0.1) is 0 Å². The Balaban J connectivity index is 1.67. The highest BCUT2D eigenvalue weighted by Gasteiger charge is 2.46. The molecule has 5 rings (SSSR count). The number of carbonyl (C=O) groups is 2. The zero-order valence-corrected chi connectivity index (χ0v) is 19.0. The molecule has 2 aromatic heterocycles. The second-order valence-electron chi connectivity index (χ2n) is 8.85. The van der Waals surface area contributed by atoms with E-state index in [-0.39, 0.29) is 17.9 Å². The molecule has 0 bridgehead atoms. The van der Waals surface area contributed by atoms with E-state index < -0.39 is 17.7 Å². The predicted octanol–water partition coefficient (Wildman–Crippen LogP) is 5.31. The first kappa shape index (κ1) is 21.6. The van der Waals surface area contributed by atoms with E-state index in [1.807, 2.05) is 60.7 Å². The Kier molecular flexibility index (Phi) is 5.49. The maximum absolute atomic E-state index is 13.3. The number of hydrogen-bond acceptors (Lipinski definition) is 4. The Labute approximate surface area is 197 Å². The molecule has 0 spiro atoms. The molecule has 0 aliphatic carbocycles. The molecule has 1 saturated heterocycles. The number of ketones is 1. The lowest BCUT2D eigenvalue weighted by molar-refractivity contribution is -0.140. The van der Waals surface area contributed by atoms with E-state index in [1.54, 1.807) is 18.6 Å². The third-order valence-electron chi connectivity index (χ3n) is 6.41. The normalized spacial score (nSPS) is 17.7. The van der Waals surface area contributed by atoms with Crippen LogP contribution in [0.4, 0.5) is 0 Å². The average molecular weight is 452 g/mol. The summed E-state index contributed by atoms with van der Waals surface area (Å²) in [5.74, 6) is -1.14. The topological polar surface area (TPSA) is 86.3 Å². The number of aromatic amines is 1. The van der Waals surface area contributed by atoms with Crippen LogP contribution >= 0.6 is 0 Å². The second-order valence-corrected chi connectivity index (χ2v) is 8.85. The quantitative estimate of drug-likeness (QED) is 0.245. The molecule has 0 saturated carbocycles. The minimum absolute atomic E-state index is 0.0982. The summed E-state index contributed by atoms with van der Waals surface area (Å²) in [4.78, 5) is 35.2. The SMILES string of the molecule is CC(C)c1ccc(C2/C(=C(/O)c3c[nH]c4ccccc34)C(=O)C(=O)N2Cc2ccncc2)cc1. The van der Waals surface area contributed by atoms with Crippen molar-refractivity contribution in [2.24, 2.45) is 0 Å². The minimum Gasteiger partial charge on any atom is -0.507 e. The number of likely N-dealkylation sites (tertiary alicyclic amines) is 1. The monoisotopic (exact) mass is 451 g/mol. The van der Waals surface area contributed by atoms with Gasteiger partial charge in [0.05, 0.1) is 11.6 Å². The van der Waals surface area contributed by atoms with Crippen molar-refractivity contribution >= 4 is 28.4 Å². The van der Waals surface area contributed by atoms with Crippen molar-refractivity contribution in [2.75, 3.05) is 0 Å². The van der Waals surface area contributed by atoms with E-state index in [1.165, 1.54) is 4.90 Å². The number of H-pyrrole nitrogens is 1. The molecule has 2 N–H and O–H groups in total. The number of Topliss-reactive ketones (excluding diaryl/α,β-unsaturated/α-hetero) is 1. The molecule has 1 unspecified atom stereocenters. The van der Waals surface area contributed by atoms with Gasteiger partial charge in [-0.3, -0.25) is 14.6 Å². The highest BCUT2D eigenvalue weighted by molar-refractivity contribution is 6.46. The number of benzene rings is 2. The van der Waals surface area contributed by atoms with Crippen molar-refractivity contribution in [3.05, 3.63) is 107 Å². The number of hydrogen-bond donors (Lipinski definition) is 2. The number of para-hydroxylation sites is 1. The first-order valence-electron chi connectivity index (χ1n) is 11.3. The van der Waals surface area contributed by atoms with Crippen molar-refractivity contribution in [1.29, 1.82) is 0 Å². The lowest BCUT2D eigenvalue weighted by atomic mass is 9.93. The van der Waals surface area contributed by atoms with E-state index in [4.69, 9.17) is 0 Å². The van der Waals surface area contributed by atoms with E-state index in [2.05, 4.69) is 23.8 Å². The van der Waals surface area contributed by atoms with E-state index in [0.717, 1.165) is 27.6 Å². The van der Waals surface area contributed by atoms with Crippen LogP contribution in [0.15, 0.2) is 84.8 Å². The molecule has 1 atom stereocenters. The van der Waals surface area contributed by atoms with Gasteiger partial charge < -0.3 is 15.0 Å². The van der Waals surface area contributed by atoms with Gasteiger partial charge >= 0.3 is 0 Å². The highest BCUT2D eigenvalue weighted by Crippen LogP contribution is 2.41. The number of aromatic nitrogens is 2. The van der Waals surface area contributed by atoms with Crippen molar-refractivity contribution in [3.63, 3.8) is 0 Å². The summed E-state index contributed by atoms with van der Waals surface area (Å²) >= 11 is 0. The van der Waals surface area contributed by atoms with Gasteiger partial charge in [0.2, 0.25) is 0 Å². The third-order valence-corrected chi connectivity index (χ3v) is 6.41. The Morgan fingerprint density at radius 1 is 1.03 bits per heavy atom. The molecule has 2 aromatic carbocycles. The summed E-state index contributed by atoms with van der Waals surface area (Å²) in [5, 5.41) is 12.2. The van der Waals surface area contributed by atoms with Gasteiger partial charge in [-0.1, -0.05) is 56.3 Å². The summed E-state index contributed by atoms with van der Waals surface area (Å²) < 4.78 is 0. The lowest BCUT2D eigenvalue weighted by Gasteiger charge is -2.25. The number of amides is 1. The fourth-order valence-electron chi connectivity index (χ4n) is 4.55. The average Bonchev–Trinajstić information content (AvgIpc) is 3.39. The maximum atomic E-state index is 13.3. The molecule has 3 heterocycles.